The molecule has 2 aromatic rings. The van der Waals surface area contributed by atoms with Crippen LogP contribution >= 0.6 is 0 Å². The van der Waals surface area contributed by atoms with Gasteiger partial charge in [0.25, 0.3) is 5.91 Å². The molecule has 0 aliphatic carbocycles. The van der Waals surface area contributed by atoms with E-state index in [4.69, 9.17) is 0 Å². The van der Waals surface area contributed by atoms with Crippen LogP contribution in [0.1, 0.15) is 15.9 Å². The molecule has 0 bridgehead atoms. The van der Waals surface area contributed by atoms with Crippen LogP contribution in [-0.4, -0.2) is 30.3 Å². The van der Waals surface area contributed by atoms with Gasteiger partial charge < -0.3 is 10.2 Å². The van der Waals surface area contributed by atoms with E-state index in [2.05, 4.69) is 5.32 Å². The molecule has 1 N–H and O–H groups in total. The third kappa shape index (κ3) is 3.91. The van der Waals surface area contributed by atoms with Crippen LogP contribution in [0.25, 0.3) is 0 Å². The molecular formula is C17H17FN2O2. The fraction of sp³-hybridized carbons (Fsp3) is 0.176. The third-order valence-electron chi connectivity index (χ3n) is 3.20. The van der Waals surface area contributed by atoms with E-state index in [9.17, 15) is 14.0 Å². The summed E-state index contributed by atoms with van der Waals surface area (Å²) in [5.41, 5.74) is 1.39. The maximum Gasteiger partial charge on any atom is 0.254 e. The fourth-order valence-corrected chi connectivity index (χ4v) is 1.96. The molecule has 0 unspecified atom stereocenters. The zero-order chi connectivity index (χ0) is 16.1. The molecular weight excluding hydrogens is 283 g/mol. The molecule has 0 atom stereocenters. The van der Waals surface area contributed by atoms with Gasteiger partial charge in [0.05, 0.1) is 6.54 Å². The Kier molecular flexibility index (Phi) is 4.88. The van der Waals surface area contributed by atoms with Crippen LogP contribution < -0.4 is 5.32 Å². The number of anilines is 1. The summed E-state index contributed by atoms with van der Waals surface area (Å²) in [4.78, 5) is 25.4. The molecule has 0 fully saturated rings. The van der Waals surface area contributed by atoms with Gasteiger partial charge in [0, 0.05) is 18.3 Å². The summed E-state index contributed by atoms with van der Waals surface area (Å²) >= 11 is 0. The zero-order valence-corrected chi connectivity index (χ0v) is 12.5. The van der Waals surface area contributed by atoms with E-state index in [0.29, 0.717) is 16.8 Å². The Morgan fingerprint density at radius 3 is 2.45 bits per heavy atom. The maximum atomic E-state index is 13.4. The first-order chi connectivity index (χ1) is 10.5. The third-order valence-corrected chi connectivity index (χ3v) is 3.20. The lowest BCUT2D eigenvalue weighted by Crippen LogP contribution is -2.34. The van der Waals surface area contributed by atoms with Gasteiger partial charge in [-0.05, 0) is 36.8 Å². The summed E-state index contributed by atoms with van der Waals surface area (Å²) < 4.78 is 13.4. The summed E-state index contributed by atoms with van der Waals surface area (Å²) in [7, 11) is 1.55. The van der Waals surface area contributed by atoms with Gasteiger partial charge in [-0.25, -0.2) is 4.39 Å². The van der Waals surface area contributed by atoms with Gasteiger partial charge in [-0.3, -0.25) is 9.59 Å². The Labute approximate surface area is 128 Å². The van der Waals surface area contributed by atoms with Crippen LogP contribution in [0.15, 0.2) is 48.5 Å². The molecule has 0 aliphatic heterocycles. The minimum Gasteiger partial charge on any atom is -0.332 e. The summed E-state index contributed by atoms with van der Waals surface area (Å²) in [5, 5.41) is 2.57. The summed E-state index contributed by atoms with van der Waals surface area (Å²) in [6, 6.07) is 13.2. The average molecular weight is 300 g/mol. The second-order valence-corrected chi connectivity index (χ2v) is 5.04. The minimum atomic E-state index is -0.383. The SMILES string of the molecule is Cc1ccc(NC(=O)CN(C)C(=O)c2ccccc2)cc1F. The predicted molar refractivity (Wildman–Crippen MR) is 83.2 cm³/mol. The van der Waals surface area contributed by atoms with Crippen LogP contribution in [0.2, 0.25) is 0 Å². The van der Waals surface area contributed by atoms with Crippen LogP contribution in [0, 0.1) is 12.7 Å². The van der Waals surface area contributed by atoms with Crippen molar-refractivity contribution in [2.75, 3.05) is 18.9 Å². The van der Waals surface area contributed by atoms with Crippen LogP contribution in [0.4, 0.5) is 10.1 Å². The monoisotopic (exact) mass is 300 g/mol. The lowest BCUT2D eigenvalue weighted by molar-refractivity contribution is -0.116. The molecule has 0 heterocycles. The van der Waals surface area contributed by atoms with Crippen molar-refractivity contribution in [2.24, 2.45) is 0 Å². The van der Waals surface area contributed by atoms with E-state index in [1.165, 1.54) is 11.0 Å². The highest BCUT2D eigenvalue weighted by Gasteiger charge is 2.14. The molecule has 0 aromatic heterocycles. The number of benzene rings is 2. The van der Waals surface area contributed by atoms with Gasteiger partial charge in [0.15, 0.2) is 0 Å². The second-order valence-electron chi connectivity index (χ2n) is 5.04. The molecule has 4 nitrogen and oxygen atoms in total. The topological polar surface area (TPSA) is 49.4 Å². The normalized spacial score (nSPS) is 10.1. The van der Waals surface area contributed by atoms with Crippen molar-refractivity contribution in [1.82, 2.24) is 4.90 Å². The van der Waals surface area contributed by atoms with Crippen LogP contribution in [0.5, 0.6) is 0 Å². The summed E-state index contributed by atoms with van der Waals surface area (Å²) in [6.45, 7) is 1.54. The Hall–Kier alpha value is -2.69. The van der Waals surface area contributed by atoms with E-state index >= 15 is 0 Å². The first-order valence-corrected chi connectivity index (χ1v) is 6.84. The zero-order valence-electron chi connectivity index (χ0n) is 12.5. The van der Waals surface area contributed by atoms with Crippen LogP contribution in [0.3, 0.4) is 0 Å². The molecule has 2 aromatic carbocycles. The molecule has 0 spiro atoms. The number of hydrogen-bond acceptors (Lipinski definition) is 2. The molecule has 0 radical (unpaired) electrons. The van der Waals surface area contributed by atoms with E-state index in [1.807, 2.05) is 6.07 Å². The fourth-order valence-electron chi connectivity index (χ4n) is 1.96. The molecule has 0 saturated heterocycles. The van der Waals surface area contributed by atoms with Crippen molar-refractivity contribution in [3.8, 4) is 0 Å². The van der Waals surface area contributed by atoms with Gasteiger partial charge in [0.1, 0.15) is 5.82 Å². The number of halogens is 1. The molecule has 22 heavy (non-hydrogen) atoms. The van der Waals surface area contributed by atoms with Gasteiger partial charge in [-0.15, -0.1) is 0 Å². The van der Waals surface area contributed by atoms with Crippen molar-refractivity contribution in [2.45, 2.75) is 6.92 Å². The number of nitrogens with one attached hydrogen (secondary N) is 1. The van der Waals surface area contributed by atoms with Gasteiger partial charge in [0.2, 0.25) is 5.91 Å². The Morgan fingerprint density at radius 1 is 1.14 bits per heavy atom. The molecule has 2 rings (SSSR count). The number of amides is 2. The average Bonchev–Trinajstić information content (AvgIpc) is 2.51. The molecule has 2 amide bonds. The first-order valence-electron chi connectivity index (χ1n) is 6.84. The Morgan fingerprint density at radius 2 is 1.82 bits per heavy atom. The standard InChI is InChI=1S/C17H17FN2O2/c1-12-8-9-14(10-15(12)18)19-16(21)11-20(2)17(22)13-6-4-3-5-7-13/h3-10H,11H2,1-2H3,(H,19,21). The highest BCUT2D eigenvalue weighted by molar-refractivity contribution is 5.99. The van der Waals surface area contributed by atoms with Crippen LogP contribution in [-0.2, 0) is 4.79 Å². The first kappa shape index (κ1) is 15.7. The highest BCUT2D eigenvalue weighted by Crippen LogP contribution is 2.13. The largest absolute Gasteiger partial charge is 0.332 e. The van der Waals surface area contributed by atoms with Crippen molar-refractivity contribution in [1.29, 1.82) is 0 Å². The number of nitrogens with zero attached hydrogens (tertiary/aromatic N) is 1. The number of carbonyl (C=O) groups excluding carboxylic acids is 2. The van der Waals surface area contributed by atoms with E-state index in [0.717, 1.165) is 0 Å². The van der Waals surface area contributed by atoms with E-state index < -0.39 is 0 Å². The maximum absolute atomic E-state index is 13.4. The molecule has 0 aliphatic rings. The molecule has 114 valence electrons. The number of hydrogen-bond donors (Lipinski definition) is 1. The number of aryl methyl sites for hydroxylation is 1. The number of likely N-dealkylation sites (N-methyl/N-ethyl adjacent to an activating group) is 1. The number of carbonyl (C=O) groups is 2. The molecule has 5 heteroatoms. The smallest absolute Gasteiger partial charge is 0.254 e. The second kappa shape index (κ2) is 6.85. The van der Waals surface area contributed by atoms with Crippen molar-refractivity contribution >= 4 is 17.5 Å². The predicted octanol–water partition coefficient (Wildman–Crippen LogP) is 2.84. The number of rotatable bonds is 4. The van der Waals surface area contributed by atoms with E-state index in [-0.39, 0.29) is 24.2 Å². The quantitative estimate of drug-likeness (QED) is 0.944. The van der Waals surface area contributed by atoms with Gasteiger partial charge >= 0.3 is 0 Å². The van der Waals surface area contributed by atoms with E-state index in [1.54, 1.807) is 50.4 Å². The molecule has 0 saturated carbocycles. The minimum absolute atomic E-state index is 0.108. The van der Waals surface area contributed by atoms with Crippen molar-refractivity contribution < 1.29 is 14.0 Å². The lowest BCUT2D eigenvalue weighted by Gasteiger charge is -2.17. The summed E-state index contributed by atoms with van der Waals surface area (Å²) in [5.74, 6) is -1.01. The van der Waals surface area contributed by atoms with Gasteiger partial charge in [-0.2, -0.15) is 0 Å². The Balaban J connectivity index is 1.96. The highest BCUT2D eigenvalue weighted by atomic mass is 19.1. The van der Waals surface area contributed by atoms with Crippen molar-refractivity contribution in [3.05, 3.63) is 65.5 Å². The van der Waals surface area contributed by atoms with Crippen molar-refractivity contribution in [3.63, 3.8) is 0 Å². The van der Waals surface area contributed by atoms with Gasteiger partial charge in [-0.1, -0.05) is 24.3 Å². The lowest BCUT2D eigenvalue weighted by atomic mass is 10.2. The Bertz CT molecular complexity index is 686. The summed E-state index contributed by atoms with van der Waals surface area (Å²) in [6.07, 6.45) is 0.